The van der Waals surface area contributed by atoms with Gasteiger partial charge in [-0.1, -0.05) is 0 Å². The zero-order valence-electron chi connectivity index (χ0n) is 9.39. The Labute approximate surface area is 94.9 Å². The SMILES string of the molecule is Cc1cncc(C(=O)N2CCC(O)CC2)c1. The highest BCUT2D eigenvalue weighted by atomic mass is 16.3. The fourth-order valence-electron chi connectivity index (χ4n) is 1.92. The lowest BCUT2D eigenvalue weighted by Crippen LogP contribution is -2.40. The topological polar surface area (TPSA) is 53.4 Å². The molecule has 1 amide bonds. The summed E-state index contributed by atoms with van der Waals surface area (Å²) in [6.07, 6.45) is 4.42. The number of aryl methyl sites for hydroxylation is 1. The number of rotatable bonds is 1. The molecule has 0 aliphatic carbocycles. The van der Waals surface area contributed by atoms with Gasteiger partial charge in [-0.3, -0.25) is 9.78 Å². The quantitative estimate of drug-likeness (QED) is 0.767. The maximum atomic E-state index is 12.1. The van der Waals surface area contributed by atoms with E-state index in [1.165, 1.54) is 0 Å². The number of likely N-dealkylation sites (tertiary alicyclic amines) is 1. The fraction of sp³-hybridized carbons (Fsp3) is 0.500. The van der Waals surface area contributed by atoms with Gasteiger partial charge in [0.2, 0.25) is 0 Å². The van der Waals surface area contributed by atoms with E-state index in [0.717, 1.165) is 5.56 Å². The Kier molecular flexibility index (Phi) is 3.19. The van der Waals surface area contributed by atoms with Crippen molar-refractivity contribution in [2.45, 2.75) is 25.9 Å². The average Bonchev–Trinajstić information content (AvgIpc) is 2.29. The third-order valence-corrected chi connectivity index (χ3v) is 2.87. The summed E-state index contributed by atoms with van der Waals surface area (Å²) in [5.41, 5.74) is 1.62. The van der Waals surface area contributed by atoms with Crippen LogP contribution in [0.4, 0.5) is 0 Å². The van der Waals surface area contributed by atoms with Gasteiger partial charge in [-0.25, -0.2) is 0 Å². The van der Waals surface area contributed by atoms with E-state index < -0.39 is 0 Å². The molecule has 1 fully saturated rings. The summed E-state index contributed by atoms with van der Waals surface area (Å²) in [5.74, 6) is 0.0168. The van der Waals surface area contributed by atoms with E-state index in [1.54, 1.807) is 17.3 Å². The number of carbonyl (C=O) groups is 1. The predicted molar refractivity (Wildman–Crippen MR) is 60.1 cm³/mol. The van der Waals surface area contributed by atoms with Gasteiger partial charge in [0.05, 0.1) is 11.7 Å². The average molecular weight is 220 g/mol. The van der Waals surface area contributed by atoms with Crippen LogP contribution in [-0.4, -0.2) is 40.1 Å². The van der Waals surface area contributed by atoms with Crippen LogP contribution in [0.25, 0.3) is 0 Å². The van der Waals surface area contributed by atoms with E-state index in [2.05, 4.69) is 4.98 Å². The minimum atomic E-state index is -0.250. The number of hydrogen-bond donors (Lipinski definition) is 1. The summed E-state index contributed by atoms with van der Waals surface area (Å²) in [6.45, 7) is 3.19. The van der Waals surface area contributed by atoms with E-state index in [4.69, 9.17) is 0 Å². The lowest BCUT2D eigenvalue weighted by Gasteiger charge is -2.29. The zero-order valence-corrected chi connectivity index (χ0v) is 9.39. The third-order valence-electron chi connectivity index (χ3n) is 2.87. The van der Waals surface area contributed by atoms with Gasteiger partial charge in [-0.15, -0.1) is 0 Å². The Morgan fingerprint density at radius 3 is 2.75 bits per heavy atom. The molecule has 2 heterocycles. The lowest BCUT2D eigenvalue weighted by molar-refractivity contribution is 0.0546. The summed E-state index contributed by atoms with van der Waals surface area (Å²) >= 11 is 0. The summed E-state index contributed by atoms with van der Waals surface area (Å²) in [4.78, 5) is 17.9. The number of hydrogen-bond acceptors (Lipinski definition) is 3. The molecule has 4 nitrogen and oxygen atoms in total. The van der Waals surface area contributed by atoms with Gasteiger partial charge in [0, 0.05) is 25.5 Å². The summed E-state index contributed by atoms with van der Waals surface area (Å²) < 4.78 is 0. The van der Waals surface area contributed by atoms with E-state index in [-0.39, 0.29) is 12.0 Å². The molecule has 0 radical (unpaired) electrons. The molecule has 1 aromatic rings. The van der Waals surface area contributed by atoms with Crippen molar-refractivity contribution in [3.8, 4) is 0 Å². The minimum Gasteiger partial charge on any atom is -0.393 e. The van der Waals surface area contributed by atoms with Gasteiger partial charge < -0.3 is 10.0 Å². The molecule has 0 spiro atoms. The number of aromatic nitrogens is 1. The molecule has 0 atom stereocenters. The Hall–Kier alpha value is -1.42. The first kappa shape index (κ1) is 11.1. The van der Waals surface area contributed by atoms with Gasteiger partial charge >= 0.3 is 0 Å². The van der Waals surface area contributed by atoms with Crippen molar-refractivity contribution < 1.29 is 9.90 Å². The van der Waals surface area contributed by atoms with Crippen molar-refractivity contribution >= 4 is 5.91 Å². The predicted octanol–water partition coefficient (Wildman–Crippen LogP) is 0.987. The normalized spacial score (nSPS) is 17.5. The number of aliphatic hydroxyl groups excluding tert-OH is 1. The first-order chi connectivity index (χ1) is 7.66. The summed E-state index contributed by atoms with van der Waals surface area (Å²) in [6, 6.07) is 1.85. The van der Waals surface area contributed by atoms with Crippen LogP contribution >= 0.6 is 0 Å². The van der Waals surface area contributed by atoms with E-state index >= 15 is 0 Å². The van der Waals surface area contributed by atoms with Gasteiger partial charge in [0.15, 0.2) is 0 Å². The molecule has 2 rings (SSSR count). The highest BCUT2D eigenvalue weighted by molar-refractivity contribution is 5.94. The molecular weight excluding hydrogens is 204 g/mol. The Bertz CT molecular complexity index is 384. The molecular formula is C12H16N2O2. The smallest absolute Gasteiger partial charge is 0.255 e. The molecule has 0 saturated carbocycles. The second kappa shape index (κ2) is 4.61. The van der Waals surface area contributed by atoms with Crippen LogP contribution in [0, 0.1) is 6.92 Å². The van der Waals surface area contributed by atoms with E-state index in [1.807, 2.05) is 13.0 Å². The molecule has 0 aromatic carbocycles. The largest absolute Gasteiger partial charge is 0.393 e. The number of pyridine rings is 1. The first-order valence-electron chi connectivity index (χ1n) is 5.56. The number of piperidine rings is 1. The van der Waals surface area contributed by atoms with Crippen LogP contribution in [-0.2, 0) is 0 Å². The van der Waals surface area contributed by atoms with Gasteiger partial charge in [0.1, 0.15) is 0 Å². The van der Waals surface area contributed by atoms with Crippen LogP contribution in [0.5, 0.6) is 0 Å². The third kappa shape index (κ3) is 2.39. The van der Waals surface area contributed by atoms with E-state index in [0.29, 0.717) is 31.5 Å². The highest BCUT2D eigenvalue weighted by Crippen LogP contribution is 2.13. The van der Waals surface area contributed by atoms with E-state index in [9.17, 15) is 9.90 Å². The fourth-order valence-corrected chi connectivity index (χ4v) is 1.92. The molecule has 1 aliphatic rings. The maximum absolute atomic E-state index is 12.1. The van der Waals surface area contributed by atoms with Gasteiger partial charge in [-0.05, 0) is 31.4 Å². The maximum Gasteiger partial charge on any atom is 0.255 e. The molecule has 1 N–H and O–H groups in total. The van der Waals surface area contributed by atoms with Crippen molar-refractivity contribution in [2.75, 3.05) is 13.1 Å². The minimum absolute atomic E-state index is 0.0168. The summed E-state index contributed by atoms with van der Waals surface area (Å²) in [7, 11) is 0. The number of carbonyl (C=O) groups excluding carboxylic acids is 1. The van der Waals surface area contributed by atoms with Crippen LogP contribution in [0.1, 0.15) is 28.8 Å². The first-order valence-corrected chi connectivity index (χ1v) is 5.56. The lowest BCUT2D eigenvalue weighted by atomic mass is 10.1. The summed E-state index contributed by atoms with van der Waals surface area (Å²) in [5, 5.41) is 9.37. The molecule has 86 valence electrons. The van der Waals surface area contributed by atoms with Gasteiger partial charge in [-0.2, -0.15) is 0 Å². The van der Waals surface area contributed by atoms with Crippen LogP contribution in [0.3, 0.4) is 0 Å². The van der Waals surface area contributed by atoms with Crippen molar-refractivity contribution in [1.82, 2.24) is 9.88 Å². The zero-order chi connectivity index (χ0) is 11.5. The molecule has 4 heteroatoms. The highest BCUT2D eigenvalue weighted by Gasteiger charge is 2.22. The van der Waals surface area contributed by atoms with Crippen LogP contribution in [0.15, 0.2) is 18.5 Å². The Balaban J connectivity index is 2.08. The van der Waals surface area contributed by atoms with Crippen molar-refractivity contribution in [3.63, 3.8) is 0 Å². The van der Waals surface area contributed by atoms with Crippen LogP contribution < -0.4 is 0 Å². The standard InChI is InChI=1S/C12H16N2O2/c1-9-6-10(8-13-7-9)12(16)14-4-2-11(15)3-5-14/h6-8,11,15H,2-5H2,1H3. The molecule has 16 heavy (non-hydrogen) atoms. The number of amides is 1. The Morgan fingerprint density at radius 1 is 1.44 bits per heavy atom. The van der Waals surface area contributed by atoms with Crippen LogP contribution in [0.2, 0.25) is 0 Å². The van der Waals surface area contributed by atoms with Gasteiger partial charge in [0.25, 0.3) is 5.91 Å². The number of aliphatic hydroxyl groups is 1. The molecule has 1 aromatic heterocycles. The number of nitrogens with zero attached hydrogens (tertiary/aromatic N) is 2. The monoisotopic (exact) mass is 220 g/mol. The molecule has 1 saturated heterocycles. The van der Waals surface area contributed by atoms with Crippen molar-refractivity contribution in [2.24, 2.45) is 0 Å². The second-order valence-corrected chi connectivity index (χ2v) is 4.27. The molecule has 0 bridgehead atoms. The van der Waals surface area contributed by atoms with Crippen molar-refractivity contribution in [3.05, 3.63) is 29.6 Å². The second-order valence-electron chi connectivity index (χ2n) is 4.27. The van der Waals surface area contributed by atoms with Crippen molar-refractivity contribution in [1.29, 1.82) is 0 Å². The Morgan fingerprint density at radius 2 is 2.12 bits per heavy atom. The molecule has 1 aliphatic heterocycles. The molecule has 0 unspecified atom stereocenters.